The maximum absolute atomic E-state index is 13.0. The van der Waals surface area contributed by atoms with Crippen molar-refractivity contribution in [3.05, 3.63) is 96.3 Å². The summed E-state index contributed by atoms with van der Waals surface area (Å²) in [6, 6.07) is 23.0. The number of benzene rings is 3. The molecule has 5 aromatic rings. The van der Waals surface area contributed by atoms with Crippen LogP contribution in [-0.2, 0) is 0 Å². The van der Waals surface area contributed by atoms with Gasteiger partial charge in [0.25, 0.3) is 5.91 Å². The predicted octanol–water partition coefficient (Wildman–Crippen LogP) is 5.06. The zero-order valence-corrected chi connectivity index (χ0v) is 18.1. The van der Waals surface area contributed by atoms with E-state index in [1.165, 1.54) is 17.1 Å². The third-order valence-electron chi connectivity index (χ3n) is 5.16. The molecule has 3 aromatic carbocycles. The lowest BCUT2D eigenvalue weighted by Gasteiger charge is -2.11. The molecular weight excluding hydrogens is 444 g/mol. The van der Waals surface area contributed by atoms with Crippen LogP contribution in [0.5, 0.6) is 5.75 Å². The molecule has 2 N–H and O–H groups in total. The van der Waals surface area contributed by atoms with Crippen molar-refractivity contribution in [1.82, 2.24) is 20.0 Å². The van der Waals surface area contributed by atoms with E-state index in [1.807, 2.05) is 18.2 Å². The van der Waals surface area contributed by atoms with E-state index in [4.69, 9.17) is 0 Å². The minimum absolute atomic E-state index is 0.0319. The van der Waals surface area contributed by atoms with Crippen LogP contribution in [0.1, 0.15) is 15.9 Å². The average molecular weight is 460 g/mol. The fourth-order valence-electron chi connectivity index (χ4n) is 3.50. The Balaban J connectivity index is 1.61. The number of carbonyl (C=O) groups is 1. The number of phenolic OH excluding ortho intramolecular Hbond substituents is 1. The van der Waals surface area contributed by atoms with E-state index >= 15 is 0 Å². The van der Waals surface area contributed by atoms with E-state index in [-0.39, 0.29) is 28.4 Å². The Morgan fingerprint density at radius 3 is 2.60 bits per heavy atom. The summed E-state index contributed by atoms with van der Waals surface area (Å²) < 4.78 is 1.32. The summed E-state index contributed by atoms with van der Waals surface area (Å²) in [7, 11) is 0. The van der Waals surface area contributed by atoms with Gasteiger partial charge in [0.15, 0.2) is 17.4 Å². The summed E-state index contributed by atoms with van der Waals surface area (Å²) in [5, 5.41) is 45.0. The standard InChI is InChI=1S/C25H16N8O2/c26-14-17-15-28-33(21-11-6-12-27-30-21)24(17)32-31-22-19-10-5-4-7-16(19)13-20(23(22)34)25(35)29-18-8-2-1-3-9-18/h1-13,15,34H,(H,29,35)/b32-31+. The quantitative estimate of drug-likeness (QED) is 0.351. The predicted molar refractivity (Wildman–Crippen MR) is 128 cm³/mol. The normalized spacial score (nSPS) is 10.9. The van der Waals surface area contributed by atoms with Crippen LogP contribution >= 0.6 is 0 Å². The summed E-state index contributed by atoms with van der Waals surface area (Å²) in [6.07, 6.45) is 2.85. The second-order valence-corrected chi connectivity index (χ2v) is 7.35. The number of nitriles is 1. The van der Waals surface area contributed by atoms with Gasteiger partial charge in [0.05, 0.1) is 11.8 Å². The van der Waals surface area contributed by atoms with E-state index in [2.05, 4.69) is 30.8 Å². The summed E-state index contributed by atoms with van der Waals surface area (Å²) in [5.74, 6) is -0.396. The maximum Gasteiger partial charge on any atom is 0.259 e. The molecule has 10 nitrogen and oxygen atoms in total. The summed E-state index contributed by atoms with van der Waals surface area (Å²) in [5.41, 5.74) is 0.850. The molecule has 168 valence electrons. The molecule has 0 fully saturated rings. The first kappa shape index (κ1) is 21.4. The number of hydrogen-bond donors (Lipinski definition) is 2. The molecule has 2 aromatic heterocycles. The summed E-state index contributed by atoms with van der Waals surface area (Å²) in [4.78, 5) is 13.0. The van der Waals surface area contributed by atoms with Crippen molar-refractivity contribution in [2.24, 2.45) is 10.2 Å². The Labute approximate surface area is 198 Å². The number of nitrogens with zero attached hydrogens (tertiary/aromatic N) is 7. The summed E-state index contributed by atoms with van der Waals surface area (Å²) in [6.45, 7) is 0. The highest BCUT2D eigenvalue weighted by molar-refractivity contribution is 6.11. The average Bonchev–Trinajstić information content (AvgIpc) is 3.32. The van der Waals surface area contributed by atoms with Gasteiger partial charge in [0.2, 0.25) is 0 Å². The molecule has 0 aliphatic carbocycles. The number of aromatic hydroxyl groups is 1. The third kappa shape index (κ3) is 4.17. The van der Waals surface area contributed by atoms with Crippen LogP contribution in [0, 0.1) is 11.3 Å². The summed E-state index contributed by atoms with van der Waals surface area (Å²) >= 11 is 0. The maximum atomic E-state index is 13.0. The van der Waals surface area contributed by atoms with Crippen LogP contribution in [0.25, 0.3) is 16.6 Å². The third-order valence-corrected chi connectivity index (χ3v) is 5.16. The van der Waals surface area contributed by atoms with Crippen LogP contribution in [-0.4, -0.2) is 31.0 Å². The van der Waals surface area contributed by atoms with Crippen LogP contribution < -0.4 is 5.32 Å². The molecule has 0 atom stereocenters. The molecule has 0 spiro atoms. The van der Waals surface area contributed by atoms with Gasteiger partial charge < -0.3 is 10.4 Å². The van der Waals surface area contributed by atoms with E-state index in [1.54, 1.807) is 60.7 Å². The smallest absolute Gasteiger partial charge is 0.259 e. The number of nitrogens with one attached hydrogen (secondary N) is 1. The first-order valence-corrected chi connectivity index (χ1v) is 10.4. The number of rotatable bonds is 5. The largest absolute Gasteiger partial charge is 0.505 e. The van der Waals surface area contributed by atoms with Crippen LogP contribution in [0.3, 0.4) is 0 Å². The van der Waals surface area contributed by atoms with Gasteiger partial charge in [-0.2, -0.15) is 20.1 Å². The van der Waals surface area contributed by atoms with Gasteiger partial charge in [-0.05, 0) is 35.7 Å². The van der Waals surface area contributed by atoms with Gasteiger partial charge >= 0.3 is 0 Å². The second-order valence-electron chi connectivity index (χ2n) is 7.35. The number of carbonyl (C=O) groups excluding carboxylic acids is 1. The lowest BCUT2D eigenvalue weighted by Crippen LogP contribution is -2.12. The SMILES string of the molecule is N#Cc1cnn(-c2cccnn2)c1/N=N/c1c(O)c(C(=O)Nc2ccccc2)cc2ccccc12. The Morgan fingerprint density at radius 1 is 1.03 bits per heavy atom. The number of phenols is 1. The minimum atomic E-state index is -0.502. The number of anilines is 1. The second kappa shape index (κ2) is 9.21. The Morgan fingerprint density at radius 2 is 1.83 bits per heavy atom. The van der Waals surface area contributed by atoms with Crippen molar-refractivity contribution >= 4 is 33.9 Å². The van der Waals surface area contributed by atoms with Crippen LogP contribution in [0.15, 0.2) is 95.4 Å². The lowest BCUT2D eigenvalue weighted by molar-refractivity contribution is 0.102. The molecule has 35 heavy (non-hydrogen) atoms. The number of para-hydroxylation sites is 1. The van der Waals surface area contributed by atoms with Crippen molar-refractivity contribution in [3.8, 4) is 17.6 Å². The highest BCUT2D eigenvalue weighted by atomic mass is 16.3. The van der Waals surface area contributed by atoms with Crippen molar-refractivity contribution in [2.75, 3.05) is 5.32 Å². The molecule has 0 aliphatic rings. The Kier molecular flexibility index (Phi) is 5.63. The van der Waals surface area contributed by atoms with Crippen molar-refractivity contribution in [3.63, 3.8) is 0 Å². The van der Waals surface area contributed by atoms with E-state index in [9.17, 15) is 15.2 Å². The Bertz CT molecular complexity index is 1610. The molecular formula is C25H16N8O2. The molecule has 0 unspecified atom stereocenters. The van der Waals surface area contributed by atoms with E-state index in [0.717, 1.165) is 0 Å². The van der Waals surface area contributed by atoms with E-state index < -0.39 is 5.91 Å². The van der Waals surface area contributed by atoms with Crippen molar-refractivity contribution in [1.29, 1.82) is 5.26 Å². The zero-order chi connectivity index (χ0) is 24.2. The van der Waals surface area contributed by atoms with Crippen molar-refractivity contribution in [2.45, 2.75) is 0 Å². The fraction of sp³-hybridized carbons (Fsp3) is 0. The fourth-order valence-corrected chi connectivity index (χ4v) is 3.50. The number of azo groups is 1. The molecule has 0 aliphatic heterocycles. The van der Waals surface area contributed by atoms with Gasteiger partial charge in [-0.15, -0.1) is 15.3 Å². The number of aromatic nitrogens is 4. The molecule has 0 saturated carbocycles. The molecule has 0 saturated heterocycles. The first-order valence-electron chi connectivity index (χ1n) is 10.4. The highest BCUT2D eigenvalue weighted by Gasteiger charge is 2.19. The monoisotopic (exact) mass is 460 g/mol. The van der Waals surface area contributed by atoms with Crippen LogP contribution in [0.4, 0.5) is 17.2 Å². The van der Waals surface area contributed by atoms with Crippen molar-refractivity contribution < 1.29 is 9.90 Å². The number of fused-ring (bicyclic) bond motifs is 1. The zero-order valence-electron chi connectivity index (χ0n) is 18.1. The van der Waals surface area contributed by atoms with Gasteiger partial charge in [0, 0.05) is 17.3 Å². The highest BCUT2D eigenvalue weighted by Crippen LogP contribution is 2.40. The van der Waals surface area contributed by atoms with Gasteiger partial charge in [-0.1, -0.05) is 42.5 Å². The Hall–Kier alpha value is -5.43. The number of amides is 1. The topological polar surface area (TPSA) is 141 Å². The molecule has 0 radical (unpaired) electrons. The minimum Gasteiger partial charge on any atom is -0.505 e. The lowest BCUT2D eigenvalue weighted by atomic mass is 10.0. The molecule has 10 heteroatoms. The molecule has 2 heterocycles. The number of hydrogen-bond acceptors (Lipinski definition) is 8. The van der Waals surface area contributed by atoms with Gasteiger partial charge in [-0.25, -0.2) is 0 Å². The van der Waals surface area contributed by atoms with Crippen LogP contribution in [0.2, 0.25) is 0 Å². The molecule has 1 amide bonds. The molecule has 5 rings (SSSR count). The first-order chi connectivity index (χ1) is 17.2. The van der Waals surface area contributed by atoms with Gasteiger partial charge in [-0.3, -0.25) is 4.79 Å². The molecule has 0 bridgehead atoms. The van der Waals surface area contributed by atoms with Gasteiger partial charge in [0.1, 0.15) is 17.3 Å². The van der Waals surface area contributed by atoms with E-state index in [0.29, 0.717) is 22.3 Å².